The van der Waals surface area contributed by atoms with E-state index in [9.17, 15) is 5.26 Å². The second kappa shape index (κ2) is 6.37. The number of nitrogens with zero attached hydrogens (tertiary/aromatic N) is 1. The normalized spacial score (nSPS) is 11.9. The first-order chi connectivity index (χ1) is 9.51. The Kier molecular flexibility index (Phi) is 4.77. The van der Waals surface area contributed by atoms with Gasteiger partial charge in [-0.3, -0.25) is 0 Å². The molecule has 0 aliphatic carbocycles. The minimum absolute atomic E-state index is 0.342. The molecule has 5 heteroatoms. The Balaban J connectivity index is 2.29. The fourth-order valence-electron chi connectivity index (χ4n) is 1.92. The van der Waals surface area contributed by atoms with Gasteiger partial charge in [0.2, 0.25) is 0 Å². The highest BCUT2D eigenvalue weighted by molar-refractivity contribution is 6.42. The number of anilines is 1. The molecule has 20 heavy (non-hydrogen) atoms. The van der Waals surface area contributed by atoms with Crippen molar-refractivity contribution in [2.75, 3.05) is 5.73 Å². The van der Waals surface area contributed by atoms with E-state index in [4.69, 9.17) is 40.5 Å². The van der Waals surface area contributed by atoms with Crippen molar-refractivity contribution in [3.05, 3.63) is 62.6 Å². The Morgan fingerprint density at radius 2 is 1.75 bits per heavy atom. The van der Waals surface area contributed by atoms with Crippen molar-refractivity contribution >= 4 is 40.5 Å². The van der Waals surface area contributed by atoms with E-state index in [0.717, 1.165) is 11.1 Å². The van der Waals surface area contributed by atoms with Crippen LogP contribution in [-0.4, -0.2) is 0 Å². The first-order valence-electron chi connectivity index (χ1n) is 5.89. The van der Waals surface area contributed by atoms with Gasteiger partial charge in [0.15, 0.2) is 0 Å². The fraction of sp³-hybridized carbons (Fsp3) is 0.133. The number of benzene rings is 2. The lowest BCUT2D eigenvalue weighted by Crippen LogP contribution is -2.01. The van der Waals surface area contributed by atoms with E-state index in [1.54, 1.807) is 30.3 Å². The lowest BCUT2D eigenvalue weighted by Gasteiger charge is -2.12. The maximum absolute atomic E-state index is 9.35. The second-order valence-electron chi connectivity index (χ2n) is 4.41. The van der Waals surface area contributed by atoms with Gasteiger partial charge in [0.05, 0.1) is 22.0 Å². The highest BCUT2D eigenvalue weighted by Crippen LogP contribution is 2.30. The van der Waals surface area contributed by atoms with Gasteiger partial charge in [-0.1, -0.05) is 46.9 Å². The molecule has 1 unspecified atom stereocenters. The van der Waals surface area contributed by atoms with Crippen molar-refractivity contribution in [2.45, 2.75) is 12.3 Å². The summed E-state index contributed by atoms with van der Waals surface area (Å²) in [5.41, 5.74) is 7.94. The van der Waals surface area contributed by atoms with E-state index in [1.807, 2.05) is 6.07 Å². The molecule has 0 heterocycles. The molecule has 2 nitrogen and oxygen atoms in total. The predicted octanol–water partition coefficient (Wildman–Crippen LogP) is 5.08. The van der Waals surface area contributed by atoms with E-state index < -0.39 is 0 Å². The van der Waals surface area contributed by atoms with Crippen LogP contribution < -0.4 is 5.73 Å². The van der Waals surface area contributed by atoms with Gasteiger partial charge in [-0.2, -0.15) is 5.26 Å². The van der Waals surface area contributed by atoms with Crippen LogP contribution in [0.5, 0.6) is 0 Å². The van der Waals surface area contributed by atoms with Gasteiger partial charge in [0.25, 0.3) is 0 Å². The van der Waals surface area contributed by atoms with Crippen LogP contribution in [0.3, 0.4) is 0 Å². The average molecular weight is 326 g/mol. The summed E-state index contributed by atoms with van der Waals surface area (Å²) >= 11 is 18.0. The van der Waals surface area contributed by atoms with E-state index in [0.29, 0.717) is 27.2 Å². The van der Waals surface area contributed by atoms with Gasteiger partial charge in [0.1, 0.15) is 0 Å². The Morgan fingerprint density at radius 3 is 2.35 bits per heavy atom. The SMILES string of the molecule is N#CC(Cc1ccc(N)cc1Cl)c1ccc(Cl)c(Cl)c1. The van der Waals surface area contributed by atoms with Gasteiger partial charge < -0.3 is 5.73 Å². The molecular formula is C15H11Cl3N2. The van der Waals surface area contributed by atoms with Crippen molar-refractivity contribution in [3.63, 3.8) is 0 Å². The quantitative estimate of drug-likeness (QED) is 0.800. The third kappa shape index (κ3) is 3.37. The topological polar surface area (TPSA) is 49.8 Å². The molecule has 0 aliphatic rings. The minimum atomic E-state index is -0.342. The van der Waals surface area contributed by atoms with Crippen LogP contribution in [0.25, 0.3) is 0 Å². The molecule has 0 fully saturated rings. The molecule has 102 valence electrons. The van der Waals surface area contributed by atoms with Crippen LogP contribution in [0, 0.1) is 11.3 Å². The van der Waals surface area contributed by atoms with Gasteiger partial charge in [-0.05, 0) is 41.8 Å². The summed E-state index contributed by atoms with van der Waals surface area (Å²) in [5, 5.41) is 10.8. The van der Waals surface area contributed by atoms with E-state index in [-0.39, 0.29) is 5.92 Å². The zero-order valence-electron chi connectivity index (χ0n) is 10.4. The largest absolute Gasteiger partial charge is 0.399 e. The molecule has 0 radical (unpaired) electrons. The van der Waals surface area contributed by atoms with Gasteiger partial charge in [-0.25, -0.2) is 0 Å². The van der Waals surface area contributed by atoms with Crippen LogP contribution in [-0.2, 0) is 6.42 Å². The first-order valence-corrected chi connectivity index (χ1v) is 7.03. The highest BCUT2D eigenvalue weighted by Gasteiger charge is 2.15. The Labute approximate surface area is 132 Å². The second-order valence-corrected chi connectivity index (χ2v) is 5.63. The summed E-state index contributed by atoms with van der Waals surface area (Å²) in [7, 11) is 0. The van der Waals surface area contributed by atoms with Crippen molar-refractivity contribution in [1.29, 1.82) is 5.26 Å². The molecule has 0 bridgehead atoms. The molecule has 0 aliphatic heterocycles. The smallest absolute Gasteiger partial charge is 0.0754 e. The lowest BCUT2D eigenvalue weighted by atomic mass is 9.93. The molecule has 2 rings (SSSR count). The average Bonchev–Trinajstić information content (AvgIpc) is 2.41. The monoisotopic (exact) mass is 324 g/mol. The lowest BCUT2D eigenvalue weighted by molar-refractivity contribution is 0.849. The van der Waals surface area contributed by atoms with Crippen LogP contribution in [0.4, 0.5) is 5.69 Å². The zero-order chi connectivity index (χ0) is 14.7. The van der Waals surface area contributed by atoms with Crippen molar-refractivity contribution in [1.82, 2.24) is 0 Å². The molecule has 0 saturated heterocycles. The number of nitriles is 1. The number of hydrogen-bond donors (Lipinski definition) is 1. The molecule has 2 aromatic rings. The predicted molar refractivity (Wildman–Crippen MR) is 84.4 cm³/mol. The van der Waals surface area contributed by atoms with Crippen molar-refractivity contribution in [2.24, 2.45) is 0 Å². The number of rotatable bonds is 3. The molecule has 0 spiro atoms. The molecule has 0 aromatic heterocycles. The van der Waals surface area contributed by atoms with E-state index in [2.05, 4.69) is 6.07 Å². The Hall–Kier alpha value is -1.40. The summed E-state index contributed by atoms with van der Waals surface area (Å²) in [4.78, 5) is 0. The third-order valence-corrected chi connectivity index (χ3v) is 4.09. The molecule has 0 saturated carbocycles. The molecule has 2 N–H and O–H groups in total. The maximum Gasteiger partial charge on any atom is 0.0754 e. The van der Waals surface area contributed by atoms with Gasteiger partial charge >= 0.3 is 0 Å². The number of nitrogen functional groups attached to an aromatic ring is 1. The first kappa shape index (κ1) is 15.0. The van der Waals surface area contributed by atoms with E-state index in [1.165, 1.54) is 0 Å². The van der Waals surface area contributed by atoms with Crippen LogP contribution in [0.1, 0.15) is 17.0 Å². The number of halogens is 3. The molecule has 1 atom stereocenters. The Bertz CT molecular complexity index is 677. The molecular weight excluding hydrogens is 315 g/mol. The minimum Gasteiger partial charge on any atom is -0.399 e. The summed E-state index contributed by atoms with van der Waals surface area (Å²) < 4.78 is 0. The third-order valence-electron chi connectivity index (χ3n) is 3.00. The summed E-state index contributed by atoms with van der Waals surface area (Å²) in [6, 6.07) is 12.7. The standard InChI is InChI=1S/C15H11Cl3N2/c16-13-4-2-9(6-15(13)18)11(8-19)5-10-1-3-12(20)7-14(10)17/h1-4,6-7,11H,5,20H2. The summed E-state index contributed by atoms with van der Waals surface area (Å²) in [5.74, 6) is -0.342. The fourth-order valence-corrected chi connectivity index (χ4v) is 2.49. The van der Waals surface area contributed by atoms with Crippen LogP contribution in [0.15, 0.2) is 36.4 Å². The zero-order valence-corrected chi connectivity index (χ0v) is 12.7. The summed E-state index contributed by atoms with van der Waals surface area (Å²) in [6.45, 7) is 0. The van der Waals surface area contributed by atoms with Gasteiger partial charge in [0, 0.05) is 10.7 Å². The number of hydrogen-bond acceptors (Lipinski definition) is 2. The van der Waals surface area contributed by atoms with Crippen LogP contribution >= 0.6 is 34.8 Å². The molecule has 0 amide bonds. The van der Waals surface area contributed by atoms with Crippen molar-refractivity contribution in [3.8, 4) is 6.07 Å². The van der Waals surface area contributed by atoms with Gasteiger partial charge in [-0.15, -0.1) is 0 Å². The van der Waals surface area contributed by atoms with Crippen LogP contribution in [0.2, 0.25) is 15.1 Å². The van der Waals surface area contributed by atoms with Crippen molar-refractivity contribution < 1.29 is 0 Å². The van der Waals surface area contributed by atoms with E-state index >= 15 is 0 Å². The molecule has 2 aromatic carbocycles. The Morgan fingerprint density at radius 1 is 1.00 bits per heavy atom. The summed E-state index contributed by atoms with van der Waals surface area (Å²) in [6.07, 6.45) is 0.494. The maximum atomic E-state index is 9.35. The number of nitrogens with two attached hydrogens (primary N) is 1. The highest BCUT2D eigenvalue weighted by atomic mass is 35.5.